The quantitative estimate of drug-likeness (QED) is 0.0344. The molecule has 2 aliphatic rings. The molecule has 15 nitrogen and oxygen atoms in total. The summed E-state index contributed by atoms with van der Waals surface area (Å²) in [6.07, 6.45) is -0.830. The Morgan fingerprint density at radius 2 is 1.35 bits per heavy atom. The van der Waals surface area contributed by atoms with Gasteiger partial charge in [-0.1, -0.05) is 63.4 Å². The average Bonchev–Trinajstić information content (AvgIpc) is 3.89. The predicted octanol–water partition coefficient (Wildman–Crippen LogP) is 13.8. The van der Waals surface area contributed by atoms with Gasteiger partial charge in [-0.05, 0) is 115 Å². The smallest absolute Gasteiger partial charge is 0.464 e. The van der Waals surface area contributed by atoms with E-state index in [1.807, 2.05) is 24.8 Å². The van der Waals surface area contributed by atoms with Crippen molar-refractivity contribution in [3.05, 3.63) is 71.3 Å². The van der Waals surface area contributed by atoms with Gasteiger partial charge in [-0.25, -0.2) is 9.97 Å². The molecule has 0 unspecified atom stereocenters. The molecule has 0 spiro atoms. The summed E-state index contributed by atoms with van der Waals surface area (Å²) < 4.78 is 140. The van der Waals surface area contributed by atoms with Gasteiger partial charge in [0, 0.05) is 59.3 Å². The van der Waals surface area contributed by atoms with Crippen molar-refractivity contribution in [3.63, 3.8) is 0 Å². The van der Waals surface area contributed by atoms with E-state index >= 15 is 0 Å². The third kappa shape index (κ3) is 12.9. The van der Waals surface area contributed by atoms with Crippen LogP contribution in [0.5, 0.6) is 5.75 Å². The Bertz CT molecular complexity index is 3210. The van der Waals surface area contributed by atoms with Gasteiger partial charge in [-0.3, -0.25) is 9.11 Å². The average molecular weight is 1130 g/mol. The minimum atomic E-state index is -5.72. The van der Waals surface area contributed by atoms with E-state index in [1.165, 1.54) is 42.2 Å². The number of thiazole rings is 2. The third-order valence-corrected chi connectivity index (χ3v) is 15.9. The number of rotatable bonds is 14. The Balaban J connectivity index is 0.000000232. The van der Waals surface area contributed by atoms with Crippen molar-refractivity contribution >= 4 is 108 Å². The summed E-state index contributed by atoms with van der Waals surface area (Å²) in [7, 11) is -7.78. The largest absolute Gasteiger partial charge is 0.495 e. The van der Waals surface area contributed by atoms with Crippen molar-refractivity contribution in [2.24, 2.45) is 20.5 Å². The molecule has 0 radical (unpaired) electrons. The Hall–Kier alpha value is -4.43. The van der Waals surface area contributed by atoms with E-state index in [9.17, 15) is 47.9 Å². The van der Waals surface area contributed by atoms with Crippen LogP contribution < -0.4 is 14.5 Å². The van der Waals surface area contributed by atoms with Crippen LogP contribution in [0.1, 0.15) is 77.0 Å². The van der Waals surface area contributed by atoms with Crippen molar-refractivity contribution in [2.45, 2.75) is 105 Å². The van der Waals surface area contributed by atoms with Crippen LogP contribution in [-0.4, -0.2) is 80.6 Å². The van der Waals surface area contributed by atoms with Crippen LogP contribution in [-0.2, 0) is 55.0 Å². The first-order chi connectivity index (χ1) is 32.8. The van der Waals surface area contributed by atoms with Crippen LogP contribution in [0.2, 0.25) is 0 Å². The minimum Gasteiger partial charge on any atom is -0.495 e. The summed E-state index contributed by atoms with van der Waals surface area (Å²) >= 11 is 1.63. The SMILES string of the molecule is CC(C)(C)c1ccc2nc(N=Nc3cc4c5c(c3S(=O)(=O)O)CCCN5CCC4)sc2c1.CCCN(CCC)c1cc(S(=O)(=O)O)c(N=Nc2nc3ccc(SC(F)(F)C(F)(F)F)cc3s2)cc1OC.[Ni]. The van der Waals surface area contributed by atoms with Gasteiger partial charge in [0.15, 0.2) is 0 Å². The molecule has 0 fully saturated rings. The molecule has 2 aromatic heterocycles. The fourth-order valence-electron chi connectivity index (χ4n) is 8.12. The predicted molar refractivity (Wildman–Crippen MR) is 264 cm³/mol. The fraction of sp³-hybridized carbons (Fsp3) is 0.422. The van der Waals surface area contributed by atoms with Crippen molar-refractivity contribution < 1.29 is 69.1 Å². The standard InChI is InChI=1S/C23H26N4O3S2.C22H23F5N4O4S3.Ni/c1-23(2,3)15-8-9-17-19(13-15)31-22(24-17)26-25-18-12-14-6-4-10-27-11-5-7-16(20(14)27)21(18)32(28,29)30;1-4-8-31(9-5-2)16-12-19(38(32,33)34)15(11-17(16)35-3)29-30-20-28-14-7-6-13(10-18(14)36-20)37-22(26,27)21(23,24)25;/h8-9,12-13H,4-7,10-11H2,1-3H3,(H,28,29,30);6-7,10-12H,4-5,8-9H2,1-3H3,(H,32,33,34);. The molecule has 0 amide bonds. The molecular weight excluding hydrogens is 1080 g/mol. The van der Waals surface area contributed by atoms with Crippen molar-refractivity contribution in [3.8, 4) is 5.75 Å². The molecule has 0 bridgehead atoms. The third-order valence-electron chi connectivity index (χ3n) is 11.2. The van der Waals surface area contributed by atoms with Crippen LogP contribution >= 0.6 is 34.4 Å². The summed E-state index contributed by atoms with van der Waals surface area (Å²) in [5, 5.41) is 11.9. The van der Waals surface area contributed by atoms with Gasteiger partial charge in [0.1, 0.15) is 26.9 Å². The van der Waals surface area contributed by atoms with Gasteiger partial charge >= 0.3 is 11.4 Å². The van der Waals surface area contributed by atoms with E-state index in [0.29, 0.717) is 41.6 Å². The second kappa shape index (κ2) is 22.0. The van der Waals surface area contributed by atoms with E-state index < -0.39 is 48.3 Å². The number of aromatic nitrogens is 2. The van der Waals surface area contributed by atoms with Gasteiger partial charge in [-0.15, -0.1) is 20.5 Å². The zero-order valence-electron chi connectivity index (χ0n) is 39.0. The number of anilines is 2. The van der Waals surface area contributed by atoms with E-state index in [4.69, 9.17) is 4.74 Å². The first kappa shape index (κ1) is 55.9. The van der Waals surface area contributed by atoms with Crippen molar-refractivity contribution in [2.75, 3.05) is 43.1 Å². The van der Waals surface area contributed by atoms with E-state index in [0.717, 1.165) is 90.1 Å². The molecule has 2 aliphatic heterocycles. The number of ether oxygens (including phenoxy) is 1. The summed E-state index contributed by atoms with van der Waals surface area (Å²) in [6.45, 7) is 13.4. The van der Waals surface area contributed by atoms with E-state index in [1.54, 1.807) is 6.07 Å². The number of methoxy groups -OCH3 is 1. The molecule has 0 atom stereocenters. The zero-order valence-corrected chi connectivity index (χ0v) is 44.1. The number of nitrogens with zero attached hydrogens (tertiary/aromatic N) is 8. The second-order valence-corrected chi connectivity index (χ2v) is 23.4. The van der Waals surface area contributed by atoms with Crippen LogP contribution in [0.15, 0.2) is 89.7 Å². The number of aryl methyl sites for hydroxylation is 1. The normalized spacial score (nSPS) is 14.5. The summed E-state index contributed by atoms with van der Waals surface area (Å²) in [6, 6.07) is 13.9. The molecule has 4 aromatic carbocycles. The van der Waals surface area contributed by atoms with Crippen LogP contribution in [0.4, 0.5) is 55.0 Å². The molecule has 0 saturated carbocycles. The van der Waals surface area contributed by atoms with Gasteiger partial charge in [0.25, 0.3) is 20.2 Å². The number of halogens is 5. The van der Waals surface area contributed by atoms with Crippen LogP contribution in [0.25, 0.3) is 20.4 Å². The van der Waals surface area contributed by atoms with Gasteiger partial charge in [0.2, 0.25) is 10.3 Å². The molecule has 71 heavy (non-hydrogen) atoms. The number of benzene rings is 4. The zero-order chi connectivity index (χ0) is 51.0. The summed E-state index contributed by atoms with van der Waals surface area (Å²) in [5.74, 6) is 0.296. The molecule has 26 heteroatoms. The van der Waals surface area contributed by atoms with E-state index in [-0.39, 0.29) is 58.4 Å². The van der Waals surface area contributed by atoms with Crippen LogP contribution in [0, 0.1) is 0 Å². The Morgan fingerprint density at radius 3 is 1.90 bits per heavy atom. The monoisotopic (exact) mass is 1130 g/mol. The molecule has 8 rings (SSSR count). The molecular formula is C45H49F5N8NiO7S5. The fourth-order valence-corrected chi connectivity index (χ4v) is 12.1. The molecule has 386 valence electrons. The second-order valence-electron chi connectivity index (χ2n) is 17.4. The van der Waals surface area contributed by atoms with Gasteiger partial charge in [0.05, 0.1) is 33.2 Å². The van der Waals surface area contributed by atoms with Crippen molar-refractivity contribution in [1.82, 2.24) is 9.97 Å². The number of hydrogen-bond donors (Lipinski definition) is 2. The summed E-state index contributed by atoms with van der Waals surface area (Å²) in [4.78, 5) is 11.9. The molecule has 0 saturated heterocycles. The molecule has 6 aromatic rings. The molecule has 2 N–H and O–H groups in total. The first-order valence-corrected chi connectivity index (χ1v) is 27.3. The number of hydrogen-bond acceptors (Lipinski definition) is 16. The van der Waals surface area contributed by atoms with Crippen molar-refractivity contribution in [1.29, 1.82) is 0 Å². The number of azo groups is 2. The Kier molecular flexibility index (Phi) is 17.3. The number of fused-ring (bicyclic) bond motifs is 2. The molecule has 4 heterocycles. The Morgan fingerprint density at radius 1 is 0.775 bits per heavy atom. The summed E-state index contributed by atoms with van der Waals surface area (Å²) in [5.41, 5.74) is 5.46. The minimum absolute atomic E-state index is 0. The number of thioether (sulfide) groups is 1. The maximum atomic E-state index is 13.4. The maximum absolute atomic E-state index is 13.4. The van der Waals surface area contributed by atoms with Crippen LogP contribution in [0.3, 0.4) is 0 Å². The topological polar surface area (TPSA) is 200 Å². The number of alkyl halides is 5. The molecule has 0 aliphatic carbocycles. The first-order valence-electron chi connectivity index (χ1n) is 22.0. The maximum Gasteiger partial charge on any atom is 0.464 e. The van der Waals surface area contributed by atoms with E-state index in [2.05, 4.69) is 68.2 Å². The van der Waals surface area contributed by atoms with Gasteiger partial charge in [-0.2, -0.15) is 38.8 Å². The Labute approximate surface area is 429 Å². The van der Waals surface area contributed by atoms with Gasteiger partial charge < -0.3 is 14.5 Å².